The van der Waals surface area contributed by atoms with E-state index >= 15 is 0 Å². The normalized spacial score (nSPS) is 10.7. The molecule has 0 aliphatic heterocycles. The fourth-order valence-electron chi connectivity index (χ4n) is 1.86. The van der Waals surface area contributed by atoms with Crippen LogP contribution >= 0.6 is 43.6 Å². The molecule has 2 aromatic rings. The van der Waals surface area contributed by atoms with Crippen LogP contribution in [0.5, 0.6) is 0 Å². The molecule has 3 nitrogen and oxygen atoms in total. The van der Waals surface area contributed by atoms with E-state index in [0.29, 0.717) is 0 Å². The Morgan fingerprint density at radius 2 is 1.86 bits per heavy atom. The van der Waals surface area contributed by atoms with Crippen molar-refractivity contribution in [3.05, 3.63) is 44.7 Å². The monoisotopic (exact) mass is 429 g/mol. The van der Waals surface area contributed by atoms with Crippen LogP contribution in [0.2, 0.25) is 0 Å². The maximum Gasteiger partial charge on any atom is 0.144 e. The van der Waals surface area contributed by atoms with Crippen molar-refractivity contribution in [3.63, 3.8) is 0 Å². The van der Waals surface area contributed by atoms with E-state index in [2.05, 4.69) is 66.2 Å². The van der Waals surface area contributed by atoms with Gasteiger partial charge in [0.1, 0.15) is 11.6 Å². The predicted octanol–water partition coefficient (Wildman–Crippen LogP) is 5.29. The van der Waals surface area contributed by atoms with Gasteiger partial charge in [-0.3, -0.25) is 0 Å². The van der Waals surface area contributed by atoms with E-state index in [-0.39, 0.29) is 0 Å². The minimum Gasteiger partial charge on any atom is -0.372 e. The van der Waals surface area contributed by atoms with Gasteiger partial charge in [0.2, 0.25) is 0 Å². The van der Waals surface area contributed by atoms with Crippen molar-refractivity contribution >= 4 is 49.4 Å². The first-order valence-corrected chi connectivity index (χ1v) is 9.32. The lowest BCUT2D eigenvalue weighted by atomic mass is 10.2. The van der Waals surface area contributed by atoms with E-state index in [1.807, 2.05) is 19.2 Å². The summed E-state index contributed by atoms with van der Waals surface area (Å²) in [5.41, 5.74) is 1.07. The summed E-state index contributed by atoms with van der Waals surface area (Å²) in [5.74, 6) is 2.49. The number of halogens is 2. The van der Waals surface area contributed by atoms with Gasteiger partial charge in [-0.15, -0.1) is 11.8 Å². The zero-order valence-electron chi connectivity index (χ0n) is 12.0. The van der Waals surface area contributed by atoms with Crippen LogP contribution in [0.4, 0.5) is 5.82 Å². The molecule has 1 heterocycles. The number of aryl methyl sites for hydroxylation is 1. The summed E-state index contributed by atoms with van der Waals surface area (Å²) in [6, 6.07) is 8.29. The Bertz CT molecular complexity index is 603. The van der Waals surface area contributed by atoms with Crippen molar-refractivity contribution in [1.82, 2.24) is 9.97 Å². The van der Waals surface area contributed by atoms with E-state index in [1.165, 1.54) is 4.90 Å². The summed E-state index contributed by atoms with van der Waals surface area (Å²) in [7, 11) is 1.88. The molecule has 0 unspecified atom stereocenters. The van der Waals surface area contributed by atoms with Gasteiger partial charge in [-0.2, -0.15) is 0 Å². The zero-order chi connectivity index (χ0) is 15.2. The number of hydrogen-bond donors (Lipinski definition) is 1. The van der Waals surface area contributed by atoms with Crippen LogP contribution in [-0.4, -0.2) is 17.0 Å². The van der Waals surface area contributed by atoms with Crippen LogP contribution in [0, 0.1) is 0 Å². The summed E-state index contributed by atoms with van der Waals surface area (Å²) in [6.45, 7) is 2.16. The Hall–Kier alpha value is -0.590. The molecule has 0 saturated carbocycles. The molecular weight excluding hydrogens is 414 g/mol. The smallest absolute Gasteiger partial charge is 0.144 e. The maximum atomic E-state index is 4.68. The number of nitrogens with zero attached hydrogens (tertiary/aromatic N) is 2. The molecule has 0 aliphatic rings. The number of benzene rings is 1. The fraction of sp³-hybridized carbons (Fsp3) is 0.333. The van der Waals surface area contributed by atoms with Gasteiger partial charge < -0.3 is 5.32 Å². The molecule has 0 atom stereocenters. The summed E-state index contributed by atoms with van der Waals surface area (Å²) in [6.07, 6.45) is 2.02. The quantitative estimate of drug-likeness (QED) is 0.632. The van der Waals surface area contributed by atoms with Gasteiger partial charge in [-0.1, -0.05) is 29.3 Å². The second-order valence-corrected chi connectivity index (χ2v) is 7.25. The highest BCUT2D eigenvalue weighted by Gasteiger charge is 2.11. The van der Waals surface area contributed by atoms with Crippen LogP contribution in [0.1, 0.15) is 24.9 Å². The first-order chi connectivity index (χ1) is 10.1. The van der Waals surface area contributed by atoms with Gasteiger partial charge >= 0.3 is 0 Å². The largest absolute Gasteiger partial charge is 0.372 e. The topological polar surface area (TPSA) is 37.8 Å². The van der Waals surface area contributed by atoms with Crippen LogP contribution < -0.4 is 5.32 Å². The maximum absolute atomic E-state index is 4.68. The number of aromatic nitrogens is 2. The van der Waals surface area contributed by atoms with Crippen LogP contribution in [-0.2, 0) is 12.2 Å². The first-order valence-electron chi connectivity index (χ1n) is 6.75. The average molecular weight is 431 g/mol. The molecule has 0 bridgehead atoms. The molecule has 6 heteroatoms. The minimum absolute atomic E-state index is 0.764. The van der Waals surface area contributed by atoms with Gasteiger partial charge in [0.15, 0.2) is 0 Å². The van der Waals surface area contributed by atoms with Crippen molar-refractivity contribution in [3.8, 4) is 0 Å². The molecule has 0 saturated heterocycles. The highest BCUT2D eigenvalue weighted by Crippen LogP contribution is 2.28. The van der Waals surface area contributed by atoms with Gasteiger partial charge in [0.05, 0.1) is 15.9 Å². The molecule has 1 aromatic heterocycles. The molecule has 0 radical (unpaired) electrons. The van der Waals surface area contributed by atoms with E-state index in [0.717, 1.165) is 44.9 Å². The van der Waals surface area contributed by atoms with Crippen molar-refractivity contribution in [2.75, 3.05) is 12.4 Å². The lowest BCUT2D eigenvalue weighted by molar-refractivity contribution is 0.847. The number of anilines is 1. The highest BCUT2D eigenvalue weighted by molar-refractivity contribution is 9.11. The summed E-state index contributed by atoms with van der Waals surface area (Å²) >= 11 is 8.77. The van der Waals surface area contributed by atoms with E-state index in [4.69, 9.17) is 0 Å². The SMILES string of the molecule is CCCc1nc(CSc2ccc(Br)cc2)nc(NC)c1Br. The number of nitrogens with one attached hydrogen (secondary N) is 1. The average Bonchev–Trinajstić information content (AvgIpc) is 2.49. The second-order valence-electron chi connectivity index (χ2n) is 4.49. The number of rotatable bonds is 6. The lowest BCUT2D eigenvalue weighted by Gasteiger charge is -2.10. The summed E-state index contributed by atoms with van der Waals surface area (Å²) in [4.78, 5) is 10.5. The van der Waals surface area contributed by atoms with E-state index in [1.54, 1.807) is 11.8 Å². The molecule has 21 heavy (non-hydrogen) atoms. The molecule has 2 rings (SSSR count). The van der Waals surface area contributed by atoms with Crippen LogP contribution in [0.15, 0.2) is 38.1 Å². The third-order valence-electron chi connectivity index (χ3n) is 2.87. The Labute approximate surface area is 146 Å². The van der Waals surface area contributed by atoms with Crippen molar-refractivity contribution in [1.29, 1.82) is 0 Å². The molecule has 0 aliphatic carbocycles. The lowest BCUT2D eigenvalue weighted by Crippen LogP contribution is -2.05. The van der Waals surface area contributed by atoms with Crippen molar-refractivity contribution in [2.45, 2.75) is 30.4 Å². The zero-order valence-corrected chi connectivity index (χ0v) is 16.0. The second kappa shape index (κ2) is 8.15. The summed E-state index contributed by atoms with van der Waals surface area (Å²) in [5, 5.41) is 3.13. The molecule has 0 fully saturated rings. The number of thioether (sulfide) groups is 1. The van der Waals surface area contributed by atoms with Gasteiger partial charge in [-0.05, 0) is 46.6 Å². The van der Waals surface area contributed by atoms with Crippen LogP contribution in [0.3, 0.4) is 0 Å². The van der Waals surface area contributed by atoms with Crippen molar-refractivity contribution < 1.29 is 0 Å². The fourth-order valence-corrected chi connectivity index (χ4v) is 3.45. The van der Waals surface area contributed by atoms with E-state index in [9.17, 15) is 0 Å². The molecule has 1 N–H and O–H groups in total. The predicted molar refractivity (Wildman–Crippen MR) is 97.0 cm³/mol. The van der Waals surface area contributed by atoms with Gasteiger partial charge in [0.25, 0.3) is 0 Å². The molecular formula is C15H17Br2N3S. The summed E-state index contributed by atoms with van der Waals surface area (Å²) < 4.78 is 2.07. The third kappa shape index (κ3) is 4.69. The van der Waals surface area contributed by atoms with Crippen LogP contribution in [0.25, 0.3) is 0 Å². The Morgan fingerprint density at radius 1 is 1.14 bits per heavy atom. The van der Waals surface area contributed by atoms with Crippen molar-refractivity contribution in [2.24, 2.45) is 0 Å². The molecule has 0 spiro atoms. The third-order valence-corrected chi connectivity index (χ3v) is 5.24. The molecule has 1 aromatic carbocycles. The van der Waals surface area contributed by atoms with Gasteiger partial charge in [-0.25, -0.2) is 9.97 Å². The Balaban J connectivity index is 2.15. The highest BCUT2D eigenvalue weighted by atomic mass is 79.9. The standard InChI is InChI=1S/C15H17Br2N3S/c1-3-4-12-14(17)15(18-2)20-13(19-12)9-21-11-7-5-10(16)6-8-11/h5-8H,3-4,9H2,1-2H3,(H,18,19,20). The van der Waals surface area contributed by atoms with E-state index < -0.39 is 0 Å². The number of hydrogen-bond acceptors (Lipinski definition) is 4. The Morgan fingerprint density at radius 3 is 2.48 bits per heavy atom. The first kappa shape index (κ1) is 16.8. The molecule has 0 amide bonds. The minimum atomic E-state index is 0.764. The Kier molecular flexibility index (Phi) is 6.51. The molecule has 112 valence electrons. The van der Waals surface area contributed by atoms with Gasteiger partial charge in [0, 0.05) is 16.4 Å².